The second kappa shape index (κ2) is 6.51. The summed E-state index contributed by atoms with van der Waals surface area (Å²) in [7, 11) is 0. The maximum atomic E-state index is 13.3. The first-order chi connectivity index (χ1) is 9.15. The number of anilines is 2. The third-order valence-corrected chi connectivity index (χ3v) is 3.16. The van der Waals surface area contributed by atoms with E-state index < -0.39 is 5.82 Å². The van der Waals surface area contributed by atoms with Crippen molar-refractivity contribution >= 4 is 39.9 Å². The molecule has 98 valence electrons. The fraction of sp³-hybridized carbons (Fsp3) is 0.0714. The number of rotatable bonds is 4. The Bertz CT molecular complexity index is 572. The standard InChI is InChI=1S/C14H12FIN2O/c15-12-3-1-2-4-13(12)18-14(19)9-17-11-7-5-10(16)6-8-11/h1-8,17H,9H2,(H,18,19). The highest BCUT2D eigenvalue weighted by Crippen LogP contribution is 2.13. The van der Waals surface area contributed by atoms with Crippen LogP contribution in [-0.2, 0) is 4.79 Å². The van der Waals surface area contributed by atoms with E-state index in [0.29, 0.717) is 0 Å². The molecule has 0 radical (unpaired) electrons. The molecule has 0 atom stereocenters. The van der Waals surface area contributed by atoms with Gasteiger partial charge in [0, 0.05) is 9.26 Å². The number of hydrogen-bond acceptors (Lipinski definition) is 2. The highest BCUT2D eigenvalue weighted by atomic mass is 127. The second-order valence-corrected chi connectivity index (χ2v) is 5.13. The van der Waals surface area contributed by atoms with Gasteiger partial charge in [0.1, 0.15) is 5.82 Å². The lowest BCUT2D eigenvalue weighted by molar-refractivity contribution is -0.114. The summed E-state index contributed by atoms with van der Waals surface area (Å²) in [6.07, 6.45) is 0. The minimum atomic E-state index is -0.440. The van der Waals surface area contributed by atoms with Crippen molar-refractivity contribution in [1.82, 2.24) is 0 Å². The van der Waals surface area contributed by atoms with Gasteiger partial charge in [-0.1, -0.05) is 12.1 Å². The molecular formula is C14H12FIN2O. The lowest BCUT2D eigenvalue weighted by atomic mass is 10.3. The predicted molar refractivity (Wildman–Crippen MR) is 82.7 cm³/mol. The van der Waals surface area contributed by atoms with Crippen molar-refractivity contribution in [2.24, 2.45) is 0 Å². The van der Waals surface area contributed by atoms with Gasteiger partial charge in [-0.3, -0.25) is 4.79 Å². The van der Waals surface area contributed by atoms with Gasteiger partial charge in [-0.2, -0.15) is 0 Å². The Morgan fingerprint density at radius 1 is 1.11 bits per heavy atom. The Hall–Kier alpha value is -1.63. The molecule has 5 heteroatoms. The number of nitrogens with one attached hydrogen (secondary N) is 2. The summed E-state index contributed by atoms with van der Waals surface area (Å²) in [5, 5.41) is 5.49. The molecule has 2 rings (SSSR count). The number of carbonyl (C=O) groups excluding carboxylic acids is 1. The molecule has 0 saturated heterocycles. The summed E-state index contributed by atoms with van der Waals surface area (Å²) in [4.78, 5) is 11.7. The van der Waals surface area contributed by atoms with Crippen molar-refractivity contribution < 1.29 is 9.18 Å². The molecule has 0 aromatic heterocycles. The molecule has 0 aliphatic carbocycles. The topological polar surface area (TPSA) is 41.1 Å². The molecule has 3 nitrogen and oxygen atoms in total. The summed E-state index contributed by atoms with van der Waals surface area (Å²) in [6.45, 7) is 0.0922. The van der Waals surface area contributed by atoms with Crippen LogP contribution < -0.4 is 10.6 Å². The first-order valence-electron chi connectivity index (χ1n) is 5.69. The molecule has 0 bridgehead atoms. The van der Waals surface area contributed by atoms with E-state index in [0.717, 1.165) is 9.26 Å². The Balaban J connectivity index is 1.88. The Kier molecular flexibility index (Phi) is 4.73. The normalized spacial score (nSPS) is 10.0. The SMILES string of the molecule is O=C(CNc1ccc(I)cc1)Nc1ccccc1F. The fourth-order valence-corrected chi connectivity index (χ4v) is 1.87. The monoisotopic (exact) mass is 370 g/mol. The first-order valence-corrected chi connectivity index (χ1v) is 6.77. The summed E-state index contributed by atoms with van der Waals surface area (Å²) in [6, 6.07) is 13.7. The number of carbonyl (C=O) groups is 1. The van der Waals surface area contributed by atoms with Gasteiger partial charge in [0.2, 0.25) is 5.91 Å². The number of amides is 1. The van der Waals surface area contributed by atoms with Crippen molar-refractivity contribution in [3.8, 4) is 0 Å². The van der Waals surface area contributed by atoms with Gasteiger partial charge < -0.3 is 10.6 Å². The maximum Gasteiger partial charge on any atom is 0.243 e. The average molecular weight is 370 g/mol. The number of benzene rings is 2. The van der Waals surface area contributed by atoms with Crippen LogP contribution in [0.25, 0.3) is 0 Å². The van der Waals surface area contributed by atoms with Crippen LogP contribution in [0.1, 0.15) is 0 Å². The van der Waals surface area contributed by atoms with Gasteiger partial charge in [0.25, 0.3) is 0 Å². The van der Waals surface area contributed by atoms with E-state index in [-0.39, 0.29) is 18.1 Å². The molecule has 0 heterocycles. The minimum absolute atomic E-state index is 0.0922. The summed E-state index contributed by atoms with van der Waals surface area (Å²) in [5.41, 5.74) is 1.04. The maximum absolute atomic E-state index is 13.3. The van der Waals surface area contributed by atoms with E-state index in [2.05, 4.69) is 33.2 Å². The number of hydrogen-bond donors (Lipinski definition) is 2. The van der Waals surface area contributed by atoms with Crippen molar-refractivity contribution in [3.05, 3.63) is 57.9 Å². The molecule has 1 amide bonds. The second-order valence-electron chi connectivity index (χ2n) is 3.89. The van der Waals surface area contributed by atoms with Crippen LogP contribution in [0.2, 0.25) is 0 Å². The Labute approximate surface area is 124 Å². The molecule has 19 heavy (non-hydrogen) atoms. The van der Waals surface area contributed by atoms with Crippen molar-refractivity contribution in [2.45, 2.75) is 0 Å². The highest BCUT2D eigenvalue weighted by Gasteiger charge is 2.05. The van der Waals surface area contributed by atoms with Crippen LogP contribution in [0.4, 0.5) is 15.8 Å². The zero-order valence-electron chi connectivity index (χ0n) is 9.99. The third-order valence-electron chi connectivity index (χ3n) is 2.45. The van der Waals surface area contributed by atoms with Crippen LogP contribution in [0.5, 0.6) is 0 Å². The van der Waals surface area contributed by atoms with Gasteiger partial charge >= 0.3 is 0 Å². The van der Waals surface area contributed by atoms with E-state index in [4.69, 9.17) is 0 Å². The van der Waals surface area contributed by atoms with Crippen molar-refractivity contribution in [1.29, 1.82) is 0 Å². The summed E-state index contributed by atoms with van der Waals surface area (Å²) < 4.78 is 14.4. The Morgan fingerprint density at radius 3 is 2.47 bits per heavy atom. The predicted octanol–water partition coefficient (Wildman–Crippen LogP) is 3.48. The molecule has 0 aliphatic rings. The van der Waals surface area contributed by atoms with Crippen LogP contribution in [0.3, 0.4) is 0 Å². The molecule has 0 aliphatic heterocycles. The lowest BCUT2D eigenvalue weighted by Crippen LogP contribution is -2.22. The molecule has 0 fully saturated rings. The van der Waals surface area contributed by atoms with Crippen LogP contribution >= 0.6 is 22.6 Å². The molecule has 0 saturated carbocycles. The quantitative estimate of drug-likeness (QED) is 0.810. The molecule has 2 N–H and O–H groups in total. The largest absolute Gasteiger partial charge is 0.376 e. The van der Waals surface area contributed by atoms with E-state index in [1.165, 1.54) is 12.1 Å². The summed E-state index contributed by atoms with van der Waals surface area (Å²) in [5.74, 6) is -0.728. The van der Waals surface area contributed by atoms with Gasteiger partial charge in [-0.15, -0.1) is 0 Å². The fourth-order valence-electron chi connectivity index (χ4n) is 1.51. The molecule has 0 spiro atoms. The zero-order chi connectivity index (χ0) is 13.7. The minimum Gasteiger partial charge on any atom is -0.376 e. The van der Waals surface area contributed by atoms with Crippen LogP contribution in [0, 0.1) is 9.39 Å². The third kappa shape index (κ3) is 4.20. The van der Waals surface area contributed by atoms with Crippen LogP contribution in [-0.4, -0.2) is 12.5 Å². The average Bonchev–Trinajstić information content (AvgIpc) is 2.41. The molecular weight excluding hydrogens is 358 g/mol. The van der Waals surface area contributed by atoms with Crippen molar-refractivity contribution in [2.75, 3.05) is 17.2 Å². The lowest BCUT2D eigenvalue weighted by Gasteiger charge is -2.08. The molecule has 2 aromatic rings. The van der Waals surface area contributed by atoms with E-state index in [1.807, 2.05) is 24.3 Å². The van der Waals surface area contributed by atoms with Gasteiger partial charge in [-0.05, 0) is 59.0 Å². The van der Waals surface area contributed by atoms with E-state index in [1.54, 1.807) is 12.1 Å². The van der Waals surface area contributed by atoms with Crippen LogP contribution in [0.15, 0.2) is 48.5 Å². The number of halogens is 2. The number of para-hydroxylation sites is 1. The zero-order valence-corrected chi connectivity index (χ0v) is 12.1. The van der Waals surface area contributed by atoms with Gasteiger partial charge in [0.15, 0.2) is 0 Å². The smallest absolute Gasteiger partial charge is 0.243 e. The first kappa shape index (κ1) is 13.8. The van der Waals surface area contributed by atoms with Gasteiger partial charge in [-0.25, -0.2) is 4.39 Å². The van der Waals surface area contributed by atoms with Gasteiger partial charge in [0.05, 0.1) is 12.2 Å². The Morgan fingerprint density at radius 2 is 1.79 bits per heavy atom. The molecule has 2 aromatic carbocycles. The highest BCUT2D eigenvalue weighted by molar-refractivity contribution is 14.1. The van der Waals surface area contributed by atoms with E-state index >= 15 is 0 Å². The van der Waals surface area contributed by atoms with Crippen molar-refractivity contribution in [3.63, 3.8) is 0 Å². The summed E-state index contributed by atoms with van der Waals surface area (Å²) >= 11 is 2.21. The van der Waals surface area contributed by atoms with E-state index in [9.17, 15) is 9.18 Å². The molecule has 0 unspecified atom stereocenters.